The Balaban J connectivity index is 3.03. The molecule has 0 aliphatic heterocycles. The fraction of sp³-hybridized carbons (Fsp3) is 0.500. The van der Waals surface area contributed by atoms with Crippen LogP contribution in [-0.4, -0.2) is 16.0 Å². The lowest BCUT2D eigenvalue weighted by atomic mass is 10.2. The number of nitrogens with one attached hydrogen (secondary N) is 1. The summed E-state index contributed by atoms with van der Waals surface area (Å²) in [6.45, 7) is 5.90. The second-order valence-electron chi connectivity index (χ2n) is 3.53. The molecule has 1 atom stereocenters. The molecule has 86 valence electrons. The Morgan fingerprint density at radius 1 is 1.44 bits per heavy atom. The lowest BCUT2D eigenvalue weighted by Gasteiger charge is -2.14. The SMILES string of the molecule is C#CC(CC)Nc1nc(CC)nc(Cl)c1C. The van der Waals surface area contributed by atoms with Crippen molar-refractivity contribution in [3.8, 4) is 12.3 Å². The van der Waals surface area contributed by atoms with Crippen LogP contribution in [0, 0.1) is 19.3 Å². The molecule has 0 aliphatic carbocycles. The lowest BCUT2D eigenvalue weighted by Crippen LogP contribution is -2.18. The average Bonchev–Trinajstić information content (AvgIpc) is 2.30. The van der Waals surface area contributed by atoms with Crippen molar-refractivity contribution >= 4 is 17.4 Å². The monoisotopic (exact) mass is 237 g/mol. The Hall–Kier alpha value is -1.27. The molecule has 1 N–H and O–H groups in total. The van der Waals surface area contributed by atoms with Gasteiger partial charge in [0.15, 0.2) is 0 Å². The zero-order valence-corrected chi connectivity index (χ0v) is 10.6. The molecule has 1 unspecified atom stereocenters. The van der Waals surface area contributed by atoms with Crippen LogP contribution in [0.5, 0.6) is 0 Å². The molecule has 1 heterocycles. The molecule has 4 heteroatoms. The first kappa shape index (κ1) is 12.8. The van der Waals surface area contributed by atoms with Gasteiger partial charge in [-0.25, -0.2) is 9.97 Å². The molecular formula is C12H16ClN3. The highest BCUT2D eigenvalue weighted by atomic mass is 35.5. The summed E-state index contributed by atoms with van der Waals surface area (Å²) < 4.78 is 0. The van der Waals surface area contributed by atoms with Gasteiger partial charge >= 0.3 is 0 Å². The fourth-order valence-corrected chi connectivity index (χ4v) is 1.45. The highest BCUT2D eigenvalue weighted by Crippen LogP contribution is 2.20. The van der Waals surface area contributed by atoms with Gasteiger partial charge in [-0.3, -0.25) is 0 Å². The molecule has 0 spiro atoms. The van der Waals surface area contributed by atoms with Crippen molar-refractivity contribution in [2.24, 2.45) is 0 Å². The Bertz CT molecular complexity index is 409. The van der Waals surface area contributed by atoms with Crippen molar-refractivity contribution in [1.29, 1.82) is 0 Å². The van der Waals surface area contributed by atoms with Gasteiger partial charge in [0.1, 0.15) is 16.8 Å². The van der Waals surface area contributed by atoms with Gasteiger partial charge in [0.05, 0.1) is 6.04 Å². The smallest absolute Gasteiger partial charge is 0.137 e. The summed E-state index contributed by atoms with van der Waals surface area (Å²) in [4.78, 5) is 8.56. The Kier molecular flexibility index (Phi) is 4.57. The van der Waals surface area contributed by atoms with E-state index in [2.05, 4.69) is 21.2 Å². The number of rotatable bonds is 4. The Morgan fingerprint density at radius 3 is 2.62 bits per heavy atom. The van der Waals surface area contributed by atoms with Crippen LogP contribution < -0.4 is 5.32 Å². The molecule has 0 saturated heterocycles. The van der Waals surface area contributed by atoms with E-state index in [1.54, 1.807) is 0 Å². The summed E-state index contributed by atoms with van der Waals surface area (Å²) in [5.41, 5.74) is 0.840. The minimum Gasteiger partial charge on any atom is -0.356 e. The maximum atomic E-state index is 6.02. The van der Waals surface area contributed by atoms with E-state index < -0.39 is 0 Å². The molecule has 3 nitrogen and oxygen atoms in total. The van der Waals surface area contributed by atoms with Crippen LogP contribution in [0.2, 0.25) is 5.15 Å². The van der Waals surface area contributed by atoms with E-state index in [9.17, 15) is 0 Å². The Morgan fingerprint density at radius 2 is 2.12 bits per heavy atom. The number of hydrogen-bond acceptors (Lipinski definition) is 3. The third kappa shape index (κ3) is 2.86. The minimum absolute atomic E-state index is 0.0191. The summed E-state index contributed by atoms with van der Waals surface area (Å²) in [5, 5.41) is 3.68. The van der Waals surface area contributed by atoms with Crippen molar-refractivity contribution in [3.63, 3.8) is 0 Å². The van der Waals surface area contributed by atoms with Gasteiger partial charge in [0.2, 0.25) is 0 Å². The van der Waals surface area contributed by atoms with E-state index in [1.165, 1.54) is 0 Å². The predicted molar refractivity (Wildman–Crippen MR) is 67.7 cm³/mol. The third-order valence-corrected chi connectivity index (χ3v) is 2.74. The topological polar surface area (TPSA) is 37.8 Å². The molecule has 1 rings (SSSR count). The highest BCUT2D eigenvalue weighted by molar-refractivity contribution is 6.30. The molecule has 0 bridgehead atoms. The van der Waals surface area contributed by atoms with Crippen LogP contribution in [0.4, 0.5) is 5.82 Å². The summed E-state index contributed by atoms with van der Waals surface area (Å²) in [6.07, 6.45) is 7.00. The van der Waals surface area contributed by atoms with Crippen LogP contribution in [0.25, 0.3) is 0 Å². The van der Waals surface area contributed by atoms with Gasteiger partial charge in [-0.1, -0.05) is 31.4 Å². The summed E-state index contributed by atoms with van der Waals surface area (Å²) in [6, 6.07) is -0.0191. The van der Waals surface area contributed by atoms with Crippen LogP contribution in [0.1, 0.15) is 31.7 Å². The van der Waals surface area contributed by atoms with Crippen molar-refractivity contribution in [3.05, 3.63) is 16.5 Å². The fourth-order valence-electron chi connectivity index (χ4n) is 1.26. The van der Waals surface area contributed by atoms with Gasteiger partial charge in [-0.05, 0) is 13.3 Å². The molecule has 0 fully saturated rings. The van der Waals surface area contributed by atoms with Crippen LogP contribution in [0.15, 0.2) is 0 Å². The lowest BCUT2D eigenvalue weighted by molar-refractivity contribution is 0.836. The summed E-state index contributed by atoms with van der Waals surface area (Å²) in [7, 11) is 0. The molecule has 0 saturated carbocycles. The average molecular weight is 238 g/mol. The molecule has 1 aromatic heterocycles. The number of aryl methyl sites for hydroxylation is 1. The number of terminal acetylenes is 1. The molecule has 0 radical (unpaired) electrons. The normalized spacial score (nSPS) is 11.9. The second kappa shape index (κ2) is 5.72. The van der Waals surface area contributed by atoms with Crippen LogP contribution >= 0.6 is 11.6 Å². The van der Waals surface area contributed by atoms with Gasteiger partial charge in [-0.15, -0.1) is 6.42 Å². The number of anilines is 1. The van der Waals surface area contributed by atoms with Crippen molar-refractivity contribution in [1.82, 2.24) is 9.97 Å². The van der Waals surface area contributed by atoms with Crippen molar-refractivity contribution in [2.75, 3.05) is 5.32 Å². The molecule has 0 aromatic carbocycles. The minimum atomic E-state index is -0.0191. The van der Waals surface area contributed by atoms with Crippen LogP contribution in [0.3, 0.4) is 0 Å². The van der Waals surface area contributed by atoms with E-state index in [1.807, 2.05) is 20.8 Å². The summed E-state index contributed by atoms with van der Waals surface area (Å²) in [5.74, 6) is 4.13. The zero-order valence-electron chi connectivity index (χ0n) is 9.84. The number of halogens is 1. The number of nitrogens with zero attached hydrogens (tertiary/aromatic N) is 2. The van der Waals surface area contributed by atoms with Gasteiger partial charge in [0.25, 0.3) is 0 Å². The second-order valence-corrected chi connectivity index (χ2v) is 3.89. The predicted octanol–water partition coefficient (Wildman–Crippen LogP) is 2.82. The quantitative estimate of drug-likeness (QED) is 0.647. The molecule has 1 aromatic rings. The zero-order chi connectivity index (χ0) is 12.1. The number of aromatic nitrogens is 2. The maximum Gasteiger partial charge on any atom is 0.137 e. The van der Waals surface area contributed by atoms with Crippen molar-refractivity contribution < 1.29 is 0 Å². The van der Waals surface area contributed by atoms with E-state index in [-0.39, 0.29) is 6.04 Å². The number of hydrogen-bond donors (Lipinski definition) is 1. The largest absolute Gasteiger partial charge is 0.356 e. The van der Waals surface area contributed by atoms with Gasteiger partial charge < -0.3 is 5.32 Å². The highest BCUT2D eigenvalue weighted by Gasteiger charge is 2.10. The first-order valence-electron chi connectivity index (χ1n) is 5.38. The Labute approximate surface area is 102 Å². The van der Waals surface area contributed by atoms with E-state index in [0.29, 0.717) is 5.15 Å². The van der Waals surface area contributed by atoms with Crippen molar-refractivity contribution in [2.45, 2.75) is 39.7 Å². The molecule has 16 heavy (non-hydrogen) atoms. The first-order valence-corrected chi connectivity index (χ1v) is 5.75. The van der Waals surface area contributed by atoms with Gasteiger partial charge in [-0.2, -0.15) is 0 Å². The standard InChI is InChI=1S/C12H16ClN3/c1-5-9(6-2)14-12-8(4)11(13)15-10(7-3)16-12/h1,9H,6-7H2,2-4H3,(H,14,15,16). The first-order chi connectivity index (χ1) is 7.62. The molecule has 0 aliphatic rings. The third-order valence-electron chi connectivity index (χ3n) is 2.37. The maximum absolute atomic E-state index is 6.02. The van der Waals surface area contributed by atoms with Crippen LogP contribution in [-0.2, 0) is 6.42 Å². The van der Waals surface area contributed by atoms with Gasteiger partial charge in [0, 0.05) is 12.0 Å². The summed E-state index contributed by atoms with van der Waals surface area (Å²) >= 11 is 6.02. The molecular weight excluding hydrogens is 222 g/mol. The van der Waals surface area contributed by atoms with E-state index in [0.717, 1.165) is 30.0 Å². The molecule has 0 amide bonds. The van der Waals surface area contributed by atoms with E-state index >= 15 is 0 Å². The van der Waals surface area contributed by atoms with E-state index in [4.69, 9.17) is 18.0 Å².